The maximum absolute atomic E-state index is 12.6. The van der Waals surface area contributed by atoms with Gasteiger partial charge in [-0.3, -0.25) is 0 Å². The highest BCUT2D eigenvalue weighted by atomic mass is 32.2. The lowest BCUT2D eigenvalue weighted by Crippen LogP contribution is -2.48. The number of anilines is 1. The summed E-state index contributed by atoms with van der Waals surface area (Å²) in [7, 11) is -3.39. The maximum atomic E-state index is 12.6. The lowest BCUT2D eigenvalue weighted by Gasteiger charge is -2.33. The average Bonchev–Trinajstić information content (AvgIpc) is 2.94. The van der Waals surface area contributed by atoms with Crippen LogP contribution in [0.3, 0.4) is 0 Å². The van der Waals surface area contributed by atoms with Gasteiger partial charge in [0.15, 0.2) is 5.13 Å². The number of nitrogens with zero attached hydrogens (tertiary/aromatic N) is 3. The zero-order chi connectivity index (χ0) is 15.7. The third-order valence-electron chi connectivity index (χ3n) is 3.77. The van der Waals surface area contributed by atoms with Crippen LogP contribution in [0.4, 0.5) is 5.13 Å². The Labute approximate surface area is 135 Å². The van der Waals surface area contributed by atoms with Crippen molar-refractivity contribution in [1.29, 1.82) is 0 Å². The molecule has 3 rings (SSSR count). The molecule has 1 aliphatic rings. The second-order valence-electron chi connectivity index (χ2n) is 5.48. The molecule has 0 N–H and O–H groups in total. The minimum atomic E-state index is -3.39. The molecule has 0 atom stereocenters. The number of piperazine rings is 1. The van der Waals surface area contributed by atoms with Crippen molar-refractivity contribution >= 4 is 26.5 Å². The molecule has 0 bridgehead atoms. The van der Waals surface area contributed by atoms with Crippen molar-refractivity contribution in [1.82, 2.24) is 9.29 Å². The Morgan fingerprint density at radius 3 is 2.23 bits per heavy atom. The largest absolute Gasteiger partial charge is 0.345 e. The van der Waals surface area contributed by atoms with Gasteiger partial charge in [-0.2, -0.15) is 4.31 Å². The lowest BCUT2D eigenvalue weighted by atomic mass is 10.2. The molecule has 0 radical (unpaired) electrons. The van der Waals surface area contributed by atoms with E-state index in [1.54, 1.807) is 27.8 Å². The molecule has 0 spiro atoms. The van der Waals surface area contributed by atoms with Gasteiger partial charge < -0.3 is 4.90 Å². The van der Waals surface area contributed by atoms with E-state index in [0.717, 1.165) is 16.4 Å². The third kappa shape index (κ3) is 3.02. The number of aryl methyl sites for hydroxylation is 2. The summed E-state index contributed by atoms with van der Waals surface area (Å²) in [4.78, 5) is 6.99. The van der Waals surface area contributed by atoms with Crippen LogP contribution in [-0.2, 0) is 10.0 Å². The monoisotopic (exact) mass is 337 g/mol. The summed E-state index contributed by atoms with van der Waals surface area (Å²) >= 11 is 1.61. The highest BCUT2D eigenvalue weighted by molar-refractivity contribution is 7.89. The van der Waals surface area contributed by atoms with E-state index >= 15 is 0 Å². The van der Waals surface area contributed by atoms with Crippen LogP contribution in [0.25, 0.3) is 0 Å². The number of aromatic nitrogens is 1. The molecule has 1 aliphatic heterocycles. The first-order chi connectivity index (χ1) is 10.5. The second kappa shape index (κ2) is 5.98. The molecule has 1 aromatic heterocycles. The molecule has 0 amide bonds. The van der Waals surface area contributed by atoms with Gasteiger partial charge in [0.05, 0.1) is 10.6 Å². The van der Waals surface area contributed by atoms with Gasteiger partial charge in [-0.25, -0.2) is 13.4 Å². The number of rotatable bonds is 3. The van der Waals surface area contributed by atoms with E-state index in [9.17, 15) is 8.42 Å². The van der Waals surface area contributed by atoms with Gasteiger partial charge in [-0.05, 0) is 26.0 Å². The van der Waals surface area contributed by atoms with Gasteiger partial charge in [-0.15, -0.1) is 11.3 Å². The molecule has 118 valence electrons. The van der Waals surface area contributed by atoms with Crippen molar-refractivity contribution in [2.24, 2.45) is 0 Å². The van der Waals surface area contributed by atoms with E-state index in [2.05, 4.69) is 9.88 Å². The van der Waals surface area contributed by atoms with Crippen LogP contribution in [0, 0.1) is 13.8 Å². The SMILES string of the molecule is Cc1ccc(S(=O)(=O)N2CCN(c3nc(C)cs3)CC2)cc1. The zero-order valence-electron chi connectivity index (χ0n) is 12.7. The quantitative estimate of drug-likeness (QED) is 0.862. The number of hydrogen-bond acceptors (Lipinski definition) is 5. The van der Waals surface area contributed by atoms with Crippen molar-refractivity contribution in [3.05, 3.63) is 40.9 Å². The molecule has 22 heavy (non-hydrogen) atoms. The van der Waals surface area contributed by atoms with Crippen molar-refractivity contribution in [2.75, 3.05) is 31.1 Å². The molecule has 0 aliphatic carbocycles. The van der Waals surface area contributed by atoms with Crippen LogP contribution in [0.1, 0.15) is 11.3 Å². The predicted molar refractivity (Wildman–Crippen MR) is 89.0 cm³/mol. The van der Waals surface area contributed by atoms with Crippen LogP contribution in [-0.4, -0.2) is 43.9 Å². The minimum Gasteiger partial charge on any atom is -0.345 e. The Hall–Kier alpha value is -1.44. The maximum Gasteiger partial charge on any atom is 0.243 e. The first-order valence-corrected chi connectivity index (χ1v) is 9.53. The molecule has 0 saturated carbocycles. The summed E-state index contributed by atoms with van der Waals surface area (Å²) < 4.78 is 26.8. The summed E-state index contributed by atoms with van der Waals surface area (Å²) in [5.74, 6) is 0. The molecule has 1 saturated heterocycles. The van der Waals surface area contributed by atoms with E-state index in [0.29, 0.717) is 31.1 Å². The summed E-state index contributed by atoms with van der Waals surface area (Å²) in [6.45, 7) is 6.27. The second-order valence-corrected chi connectivity index (χ2v) is 8.25. The van der Waals surface area contributed by atoms with E-state index in [1.165, 1.54) is 0 Å². The molecular weight excluding hydrogens is 318 g/mol. The number of benzene rings is 1. The number of hydrogen-bond donors (Lipinski definition) is 0. The van der Waals surface area contributed by atoms with Crippen LogP contribution in [0.2, 0.25) is 0 Å². The molecular formula is C15H19N3O2S2. The summed E-state index contributed by atoms with van der Waals surface area (Å²) in [6.07, 6.45) is 0. The van der Waals surface area contributed by atoms with Crippen LogP contribution in [0.5, 0.6) is 0 Å². The topological polar surface area (TPSA) is 53.5 Å². The third-order valence-corrected chi connectivity index (χ3v) is 6.71. The molecule has 7 heteroatoms. The molecule has 0 unspecified atom stereocenters. The van der Waals surface area contributed by atoms with Crippen molar-refractivity contribution < 1.29 is 8.42 Å². The molecule has 2 heterocycles. The lowest BCUT2D eigenvalue weighted by molar-refractivity contribution is 0.384. The van der Waals surface area contributed by atoms with Gasteiger partial charge >= 0.3 is 0 Å². The fraction of sp³-hybridized carbons (Fsp3) is 0.400. The molecule has 2 aromatic rings. The summed E-state index contributed by atoms with van der Waals surface area (Å²) in [5.41, 5.74) is 2.07. The fourth-order valence-corrected chi connectivity index (χ4v) is 4.75. The summed E-state index contributed by atoms with van der Waals surface area (Å²) in [5, 5.41) is 3.00. The Kier molecular flexibility index (Phi) is 4.20. The van der Waals surface area contributed by atoms with Gasteiger partial charge in [0, 0.05) is 31.6 Å². The van der Waals surface area contributed by atoms with E-state index in [-0.39, 0.29) is 0 Å². The normalized spacial score (nSPS) is 16.9. The van der Waals surface area contributed by atoms with Crippen molar-refractivity contribution in [3.63, 3.8) is 0 Å². The van der Waals surface area contributed by atoms with E-state index in [4.69, 9.17) is 0 Å². The standard InChI is InChI=1S/C15H19N3O2S2/c1-12-3-5-14(6-4-12)22(19,20)18-9-7-17(8-10-18)15-16-13(2)11-21-15/h3-6,11H,7-10H2,1-2H3. The van der Waals surface area contributed by atoms with E-state index in [1.807, 2.05) is 31.4 Å². The van der Waals surface area contributed by atoms with Crippen LogP contribution in [0.15, 0.2) is 34.5 Å². The van der Waals surface area contributed by atoms with Gasteiger partial charge in [-0.1, -0.05) is 17.7 Å². The fourth-order valence-electron chi connectivity index (χ4n) is 2.47. The Morgan fingerprint density at radius 2 is 1.68 bits per heavy atom. The van der Waals surface area contributed by atoms with Crippen LogP contribution >= 0.6 is 11.3 Å². The van der Waals surface area contributed by atoms with Crippen molar-refractivity contribution in [2.45, 2.75) is 18.7 Å². The highest BCUT2D eigenvalue weighted by Crippen LogP contribution is 2.24. The molecule has 5 nitrogen and oxygen atoms in total. The Morgan fingerprint density at radius 1 is 1.05 bits per heavy atom. The Balaban J connectivity index is 1.71. The van der Waals surface area contributed by atoms with Gasteiger partial charge in [0.2, 0.25) is 10.0 Å². The highest BCUT2D eigenvalue weighted by Gasteiger charge is 2.29. The minimum absolute atomic E-state index is 0.372. The van der Waals surface area contributed by atoms with Gasteiger partial charge in [0.25, 0.3) is 0 Å². The van der Waals surface area contributed by atoms with Crippen LogP contribution < -0.4 is 4.90 Å². The number of sulfonamides is 1. The van der Waals surface area contributed by atoms with E-state index < -0.39 is 10.0 Å². The Bertz CT molecular complexity index is 745. The average molecular weight is 337 g/mol. The molecule has 1 fully saturated rings. The smallest absolute Gasteiger partial charge is 0.243 e. The molecule has 1 aromatic carbocycles. The first-order valence-electron chi connectivity index (χ1n) is 7.21. The van der Waals surface area contributed by atoms with Gasteiger partial charge in [0.1, 0.15) is 0 Å². The first kappa shape index (κ1) is 15.5. The van der Waals surface area contributed by atoms with Crippen molar-refractivity contribution in [3.8, 4) is 0 Å². The predicted octanol–water partition coefficient (Wildman–Crippen LogP) is 2.27. The summed E-state index contributed by atoms with van der Waals surface area (Å²) in [6, 6.07) is 7.03. The number of thiazole rings is 1. The zero-order valence-corrected chi connectivity index (χ0v) is 14.3.